The Hall–Kier alpha value is -2.35. The Morgan fingerprint density at radius 2 is 1.72 bits per heavy atom. The van der Waals surface area contributed by atoms with E-state index in [9.17, 15) is 13.2 Å². The first-order valence-corrected chi connectivity index (χ1v) is 11.1. The summed E-state index contributed by atoms with van der Waals surface area (Å²) in [4.78, 5) is 10.3. The fourth-order valence-corrected chi connectivity index (χ4v) is 4.10. The van der Waals surface area contributed by atoms with Crippen molar-refractivity contribution in [1.29, 1.82) is 0 Å². The van der Waals surface area contributed by atoms with Crippen LogP contribution in [-0.4, -0.2) is 34.0 Å². The van der Waals surface area contributed by atoms with Crippen LogP contribution in [0.25, 0.3) is 11.4 Å². The van der Waals surface area contributed by atoms with Crippen molar-refractivity contribution < 1.29 is 13.2 Å². The largest absolute Gasteiger partial charge is 0.416 e. The van der Waals surface area contributed by atoms with Crippen LogP contribution in [0.5, 0.6) is 0 Å². The summed E-state index contributed by atoms with van der Waals surface area (Å²) in [6.07, 6.45) is -2.22. The zero-order valence-electron chi connectivity index (χ0n) is 17.8. The van der Waals surface area contributed by atoms with Crippen molar-refractivity contribution in [3.8, 4) is 11.4 Å². The standard InChI is InChI=1S/C24H26ClF3N4/c1-16-22(31-23(30-16)18-4-6-19(7-5-18)24(26,27)28)15-32-12-10-21(11-13-32)29-14-17-2-8-20(25)9-3-17/h2-9,21,29H,10-15H2,1H3,(H,30,31). The maximum atomic E-state index is 12.8. The number of H-pyrrole nitrogens is 1. The molecule has 1 aromatic heterocycles. The molecule has 0 bridgehead atoms. The second-order valence-corrected chi connectivity index (χ2v) is 8.73. The van der Waals surface area contributed by atoms with Gasteiger partial charge in [0.15, 0.2) is 0 Å². The van der Waals surface area contributed by atoms with Crippen molar-refractivity contribution in [2.24, 2.45) is 0 Å². The molecule has 4 nitrogen and oxygen atoms in total. The number of piperidine rings is 1. The van der Waals surface area contributed by atoms with Crippen LogP contribution in [0.1, 0.15) is 35.4 Å². The number of nitrogens with zero attached hydrogens (tertiary/aromatic N) is 2. The number of aromatic amines is 1. The van der Waals surface area contributed by atoms with Gasteiger partial charge in [0.25, 0.3) is 0 Å². The second-order valence-electron chi connectivity index (χ2n) is 8.29. The predicted octanol–water partition coefficient (Wildman–Crippen LogP) is 5.81. The van der Waals surface area contributed by atoms with Crippen molar-refractivity contribution in [1.82, 2.24) is 20.2 Å². The highest BCUT2D eigenvalue weighted by Crippen LogP contribution is 2.30. The number of aromatic nitrogens is 2. The van der Waals surface area contributed by atoms with E-state index in [0.717, 1.165) is 67.6 Å². The van der Waals surface area contributed by atoms with Gasteiger partial charge in [0.05, 0.1) is 11.3 Å². The average Bonchev–Trinajstić information content (AvgIpc) is 3.14. The van der Waals surface area contributed by atoms with E-state index in [2.05, 4.69) is 20.2 Å². The lowest BCUT2D eigenvalue weighted by atomic mass is 10.0. The van der Waals surface area contributed by atoms with E-state index in [4.69, 9.17) is 11.6 Å². The van der Waals surface area contributed by atoms with Crippen molar-refractivity contribution in [2.45, 2.75) is 45.1 Å². The maximum Gasteiger partial charge on any atom is 0.416 e. The molecule has 1 saturated heterocycles. The van der Waals surface area contributed by atoms with Gasteiger partial charge in [0.1, 0.15) is 5.82 Å². The highest BCUT2D eigenvalue weighted by molar-refractivity contribution is 6.30. The minimum atomic E-state index is -4.33. The lowest BCUT2D eigenvalue weighted by Gasteiger charge is -2.32. The third kappa shape index (κ3) is 5.71. The Balaban J connectivity index is 1.30. The Morgan fingerprint density at radius 3 is 2.34 bits per heavy atom. The van der Waals surface area contributed by atoms with E-state index in [0.29, 0.717) is 17.4 Å². The molecule has 32 heavy (non-hydrogen) atoms. The minimum Gasteiger partial charge on any atom is -0.342 e. The summed E-state index contributed by atoms with van der Waals surface area (Å²) in [5.41, 5.74) is 3.10. The lowest BCUT2D eigenvalue weighted by Crippen LogP contribution is -2.42. The number of imidazole rings is 1. The number of hydrogen-bond acceptors (Lipinski definition) is 3. The fraction of sp³-hybridized carbons (Fsp3) is 0.375. The first kappa shape index (κ1) is 22.8. The number of nitrogens with one attached hydrogen (secondary N) is 2. The third-order valence-corrected chi connectivity index (χ3v) is 6.19. The number of halogens is 4. The third-order valence-electron chi connectivity index (χ3n) is 5.94. The van der Waals surface area contributed by atoms with E-state index in [1.54, 1.807) is 0 Å². The SMILES string of the molecule is Cc1[nH]c(-c2ccc(C(F)(F)F)cc2)nc1CN1CCC(NCc2ccc(Cl)cc2)CC1. The maximum absolute atomic E-state index is 12.8. The average molecular weight is 463 g/mol. The normalized spacial score (nSPS) is 15.9. The van der Waals surface area contributed by atoms with Crippen LogP contribution in [0.2, 0.25) is 5.02 Å². The molecule has 0 aliphatic carbocycles. The number of rotatable bonds is 6. The highest BCUT2D eigenvalue weighted by atomic mass is 35.5. The van der Waals surface area contributed by atoms with Gasteiger partial charge in [-0.15, -0.1) is 0 Å². The summed E-state index contributed by atoms with van der Waals surface area (Å²) < 4.78 is 38.4. The minimum absolute atomic E-state index is 0.477. The van der Waals surface area contributed by atoms with Gasteiger partial charge in [-0.1, -0.05) is 35.9 Å². The first-order valence-electron chi connectivity index (χ1n) is 10.7. The molecule has 8 heteroatoms. The molecule has 0 radical (unpaired) electrons. The number of likely N-dealkylation sites (tertiary alicyclic amines) is 1. The van der Waals surface area contributed by atoms with Gasteiger partial charge in [0.2, 0.25) is 0 Å². The molecule has 0 saturated carbocycles. The molecule has 1 aliphatic heterocycles. The number of benzene rings is 2. The molecule has 1 fully saturated rings. The van der Waals surface area contributed by atoms with Gasteiger partial charge in [-0.05, 0) is 49.6 Å². The molecule has 0 unspecified atom stereocenters. The Kier molecular flexibility index (Phi) is 6.88. The van der Waals surface area contributed by atoms with Crippen LogP contribution in [0.3, 0.4) is 0 Å². The molecule has 170 valence electrons. The zero-order chi connectivity index (χ0) is 22.7. The van der Waals surface area contributed by atoms with E-state index < -0.39 is 11.7 Å². The first-order chi connectivity index (χ1) is 15.3. The molecule has 1 aliphatic rings. The van der Waals surface area contributed by atoms with E-state index >= 15 is 0 Å². The predicted molar refractivity (Wildman–Crippen MR) is 120 cm³/mol. The van der Waals surface area contributed by atoms with Crippen LogP contribution in [0, 0.1) is 6.92 Å². The molecular formula is C24H26ClF3N4. The molecule has 2 N–H and O–H groups in total. The molecule has 3 aromatic rings. The molecular weight excluding hydrogens is 437 g/mol. The number of hydrogen-bond donors (Lipinski definition) is 2. The monoisotopic (exact) mass is 462 g/mol. The molecule has 0 amide bonds. The van der Waals surface area contributed by atoms with Crippen LogP contribution >= 0.6 is 11.6 Å². The van der Waals surface area contributed by atoms with E-state index in [1.807, 2.05) is 31.2 Å². The molecule has 4 rings (SSSR count). The van der Waals surface area contributed by atoms with Crippen molar-refractivity contribution >= 4 is 11.6 Å². The molecule has 0 spiro atoms. The van der Waals surface area contributed by atoms with Crippen molar-refractivity contribution in [3.63, 3.8) is 0 Å². The second kappa shape index (κ2) is 9.65. The molecule has 2 heterocycles. The smallest absolute Gasteiger partial charge is 0.342 e. The van der Waals surface area contributed by atoms with Gasteiger partial charge in [-0.2, -0.15) is 13.2 Å². The summed E-state index contributed by atoms with van der Waals surface area (Å²) in [6, 6.07) is 13.5. The quantitative estimate of drug-likeness (QED) is 0.485. The van der Waals surface area contributed by atoms with Crippen LogP contribution < -0.4 is 5.32 Å². The summed E-state index contributed by atoms with van der Waals surface area (Å²) >= 11 is 5.94. The van der Waals surface area contributed by atoms with E-state index in [1.165, 1.54) is 17.7 Å². The fourth-order valence-electron chi connectivity index (χ4n) is 3.98. The van der Waals surface area contributed by atoms with Gasteiger partial charge in [-0.3, -0.25) is 4.90 Å². The Morgan fingerprint density at radius 1 is 1.06 bits per heavy atom. The summed E-state index contributed by atoms with van der Waals surface area (Å²) in [6.45, 7) is 5.46. The van der Waals surface area contributed by atoms with Crippen LogP contribution in [-0.2, 0) is 19.3 Å². The summed E-state index contributed by atoms with van der Waals surface area (Å²) in [7, 11) is 0. The Bertz CT molecular complexity index is 1020. The van der Waals surface area contributed by atoms with Gasteiger partial charge < -0.3 is 10.3 Å². The van der Waals surface area contributed by atoms with Crippen LogP contribution in [0.15, 0.2) is 48.5 Å². The van der Waals surface area contributed by atoms with Gasteiger partial charge >= 0.3 is 6.18 Å². The topological polar surface area (TPSA) is 44.0 Å². The zero-order valence-corrected chi connectivity index (χ0v) is 18.6. The molecule has 2 aromatic carbocycles. The molecule has 0 atom stereocenters. The number of alkyl halides is 3. The lowest BCUT2D eigenvalue weighted by molar-refractivity contribution is -0.137. The highest BCUT2D eigenvalue weighted by Gasteiger charge is 2.30. The van der Waals surface area contributed by atoms with Gasteiger partial charge in [-0.25, -0.2) is 4.98 Å². The van der Waals surface area contributed by atoms with Gasteiger partial charge in [0, 0.05) is 48.5 Å². The van der Waals surface area contributed by atoms with Crippen LogP contribution in [0.4, 0.5) is 13.2 Å². The number of aryl methyl sites for hydroxylation is 1. The Labute approximate surface area is 190 Å². The van der Waals surface area contributed by atoms with Crippen molar-refractivity contribution in [3.05, 3.63) is 76.1 Å². The van der Waals surface area contributed by atoms with Crippen molar-refractivity contribution in [2.75, 3.05) is 13.1 Å². The summed E-state index contributed by atoms with van der Waals surface area (Å²) in [5.74, 6) is 0.603. The summed E-state index contributed by atoms with van der Waals surface area (Å²) in [5, 5.41) is 4.37. The van der Waals surface area contributed by atoms with E-state index in [-0.39, 0.29) is 0 Å².